The Kier molecular flexibility index (Phi) is 5.02. The van der Waals surface area contributed by atoms with Crippen molar-refractivity contribution in [1.82, 2.24) is 0 Å². The maximum absolute atomic E-state index is 12.5. The highest BCUT2D eigenvalue weighted by atomic mass is 16.6. The topological polar surface area (TPSA) is 96.2 Å². The normalized spacial score (nSPS) is 50.4. The van der Waals surface area contributed by atoms with E-state index >= 15 is 0 Å². The predicted octanol–water partition coefficient (Wildman–Crippen LogP) is 1.85. The molecule has 0 aromatic heterocycles. The average Bonchev–Trinajstić information content (AvgIpc) is 2.95. The minimum Gasteiger partial charge on any atom is -0.453 e. The number of aliphatic hydroxyl groups excluding tert-OH is 2. The van der Waals surface area contributed by atoms with Crippen molar-refractivity contribution in [2.75, 3.05) is 0 Å². The second kappa shape index (κ2) is 6.59. The molecule has 3 N–H and O–H groups in total. The Bertz CT molecular complexity index is 587. The van der Waals surface area contributed by atoms with E-state index in [4.69, 9.17) is 9.47 Å². The molecule has 3 heterocycles. The molecule has 3 fully saturated rings. The van der Waals surface area contributed by atoms with Gasteiger partial charge in [0.15, 0.2) is 0 Å². The quantitative estimate of drug-likeness (QED) is 0.446. The Labute approximate surface area is 155 Å². The summed E-state index contributed by atoms with van der Waals surface area (Å²) in [5.41, 5.74) is -2.55. The van der Waals surface area contributed by atoms with E-state index in [0.717, 1.165) is 0 Å². The second-order valence-electron chi connectivity index (χ2n) is 9.08. The Morgan fingerprint density at radius 2 is 1.65 bits per heavy atom. The summed E-state index contributed by atoms with van der Waals surface area (Å²) < 4.78 is 11.7. The van der Waals surface area contributed by atoms with Crippen LogP contribution < -0.4 is 0 Å². The predicted molar refractivity (Wildman–Crippen MR) is 95.4 cm³/mol. The first kappa shape index (κ1) is 19.8. The number of carbonyl (C=O) groups excluding carboxylic acids is 1. The zero-order valence-corrected chi connectivity index (χ0v) is 16.0. The zero-order chi connectivity index (χ0) is 19.3. The van der Waals surface area contributed by atoms with E-state index in [1.54, 1.807) is 13.8 Å². The maximum Gasteiger partial charge on any atom is 0.334 e. The van der Waals surface area contributed by atoms with Crippen LogP contribution in [0.5, 0.6) is 0 Å². The molecule has 148 valence electrons. The fourth-order valence-corrected chi connectivity index (χ4v) is 4.58. The number of ether oxygens (including phenoxy) is 2. The van der Waals surface area contributed by atoms with Crippen molar-refractivity contribution in [3.63, 3.8) is 0 Å². The van der Waals surface area contributed by atoms with Gasteiger partial charge in [-0.15, -0.1) is 0 Å². The molecule has 3 aliphatic heterocycles. The molecule has 6 nitrogen and oxygen atoms in total. The van der Waals surface area contributed by atoms with Gasteiger partial charge in [0.05, 0.1) is 29.5 Å². The lowest BCUT2D eigenvalue weighted by Crippen LogP contribution is -2.47. The van der Waals surface area contributed by atoms with Gasteiger partial charge < -0.3 is 24.8 Å². The third kappa shape index (κ3) is 3.44. The summed E-state index contributed by atoms with van der Waals surface area (Å²) in [6, 6.07) is 0. The van der Waals surface area contributed by atoms with Crippen LogP contribution in [0.1, 0.15) is 65.7 Å². The van der Waals surface area contributed by atoms with Crippen molar-refractivity contribution in [1.29, 1.82) is 0 Å². The summed E-state index contributed by atoms with van der Waals surface area (Å²) in [4.78, 5) is 12.5. The Balaban J connectivity index is 1.95. The van der Waals surface area contributed by atoms with Gasteiger partial charge in [-0.05, 0) is 71.6 Å². The monoisotopic (exact) mass is 368 g/mol. The Morgan fingerprint density at radius 1 is 1.00 bits per heavy atom. The summed E-state index contributed by atoms with van der Waals surface area (Å²) in [5.74, 6) is -0.729. The number of hydrogen-bond acceptors (Lipinski definition) is 6. The van der Waals surface area contributed by atoms with Crippen LogP contribution in [0.3, 0.4) is 0 Å². The fourth-order valence-electron chi connectivity index (χ4n) is 4.58. The molecule has 0 saturated carbocycles. The zero-order valence-electron chi connectivity index (χ0n) is 16.0. The summed E-state index contributed by atoms with van der Waals surface area (Å²) >= 11 is 0. The van der Waals surface area contributed by atoms with Gasteiger partial charge in [0, 0.05) is 5.57 Å². The van der Waals surface area contributed by atoms with E-state index < -0.39 is 41.1 Å². The molecule has 0 amide bonds. The molecule has 0 aromatic rings. The van der Waals surface area contributed by atoms with Gasteiger partial charge in [-0.3, -0.25) is 0 Å². The summed E-state index contributed by atoms with van der Waals surface area (Å²) in [6.45, 7) is 9.21. The molecule has 26 heavy (non-hydrogen) atoms. The molecule has 3 rings (SSSR count). The molecule has 0 aromatic carbocycles. The standard InChI is InChI=1S/C20H32O6/c1-12-13-5-9-19(3,26-17(12)23)14(21)6-8-18(2,24)16-7-10-20(4,25-16)15(22)11-13/h13-16,21-22,24H,1,5-11H2,2-4H3/t13-,14-,15+,16-,18-,19-,20-/m1/s1. The molecular weight excluding hydrogens is 336 g/mol. The van der Waals surface area contributed by atoms with Crippen molar-refractivity contribution >= 4 is 5.97 Å². The molecular formula is C20H32O6. The van der Waals surface area contributed by atoms with Crippen LogP contribution >= 0.6 is 0 Å². The van der Waals surface area contributed by atoms with Crippen molar-refractivity contribution in [3.05, 3.63) is 12.2 Å². The molecule has 3 saturated heterocycles. The maximum atomic E-state index is 12.5. The molecule has 6 heteroatoms. The van der Waals surface area contributed by atoms with Gasteiger partial charge in [-0.25, -0.2) is 4.79 Å². The van der Waals surface area contributed by atoms with Crippen molar-refractivity contribution in [3.8, 4) is 0 Å². The molecule has 0 radical (unpaired) electrons. The fraction of sp³-hybridized carbons (Fsp3) is 0.850. The van der Waals surface area contributed by atoms with E-state index in [0.29, 0.717) is 50.5 Å². The van der Waals surface area contributed by atoms with E-state index in [1.807, 2.05) is 6.92 Å². The first-order valence-corrected chi connectivity index (χ1v) is 9.65. The van der Waals surface area contributed by atoms with Crippen LogP contribution in [0.15, 0.2) is 12.2 Å². The largest absolute Gasteiger partial charge is 0.453 e. The third-order valence-electron chi connectivity index (χ3n) is 6.92. The van der Waals surface area contributed by atoms with Crippen LogP contribution in [0.25, 0.3) is 0 Å². The van der Waals surface area contributed by atoms with Gasteiger partial charge in [-0.1, -0.05) is 6.58 Å². The second-order valence-corrected chi connectivity index (χ2v) is 9.08. The number of carbonyl (C=O) groups is 1. The first-order valence-electron chi connectivity index (χ1n) is 9.65. The minimum absolute atomic E-state index is 0.215. The highest BCUT2D eigenvalue weighted by molar-refractivity contribution is 5.89. The van der Waals surface area contributed by atoms with Crippen LogP contribution in [0.4, 0.5) is 0 Å². The lowest BCUT2D eigenvalue weighted by atomic mass is 9.80. The molecule has 0 unspecified atom stereocenters. The van der Waals surface area contributed by atoms with Crippen LogP contribution in [0, 0.1) is 5.92 Å². The highest BCUT2D eigenvalue weighted by Gasteiger charge is 2.50. The van der Waals surface area contributed by atoms with Gasteiger partial charge in [0.25, 0.3) is 0 Å². The average molecular weight is 368 g/mol. The van der Waals surface area contributed by atoms with E-state index in [9.17, 15) is 20.1 Å². The number of fused-ring (bicyclic) bond motifs is 5. The molecule has 4 bridgehead atoms. The van der Waals surface area contributed by atoms with Crippen LogP contribution in [-0.2, 0) is 14.3 Å². The van der Waals surface area contributed by atoms with E-state index in [2.05, 4.69) is 6.58 Å². The van der Waals surface area contributed by atoms with Crippen molar-refractivity contribution in [2.45, 2.75) is 101 Å². The highest BCUT2D eigenvalue weighted by Crippen LogP contribution is 2.44. The number of aliphatic hydroxyl groups is 3. The number of hydrogen-bond donors (Lipinski definition) is 3. The molecule has 0 aliphatic carbocycles. The van der Waals surface area contributed by atoms with Crippen molar-refractivity contribution in [2.24, 2.45) is 5.92 Å². The van der Waals surface area contributed by atoms with E-state index in [-0.39, 0.29) is 5.92 Å². The summed E-state index contributed by atoms with van der Waals surface area (Å²) in [5, 5.41) is 32.5. The van der Waals surface area contributed by atoms with Crippen LogP contribution in [0.2, 0.25) is 0 Å². The Hall–Kier alpha value is -0.950. The van der Waals surface area contributed by atoms with Crippen molar-refractivity contribution < 1.29 is 29.6 Å². The Morgan fingerprint density at radius 3 is 2.35 bits per heavy atom. The molecule has 0 spiro atoms. The van der Waals surface area contributed by atoms with Crippen LogP contribution in [-0.4, -0.2) is 56.4 Å². The van der Waals surface area contributed by atoms with Gasteiger partial charge >= 0.3 is 5.97 Å². The SMILES string of the molecule is C=C1C(=O)O[C@]2(C)CC[C@@H]1C[C@H](O)[C@@]1(C)CC[C@@H](O1)[C@](C)(O)CC[C@H]2O. The first-order chi connectivity index (χ1) is 12.0. The lowest BCUT2D eigenvalue weighted by molar-refractivity contribution is -0.174. The molecule has 3 aliphatic rings. The summed E-state index contributed by atoms with van der Waals surface area (Å²) in [7, 11) is 0. The molecule has 7 atom stereocenters. The minimum atomic E-state index is -1.12. The van der Waals surface area contributed by atoms with Gasteiger partial charge in [0.1, 0.15) is 5.60 Å². The summed E-state index contributed by atoms with van der Waals surface area (Å²) in [6.07, 6.45) is 1.30. The third-order valence-corrected chi connectivity index (χ3v) is 6.92. The van der Waals surface area contributed by atoms with E-state index in [1.165, 1.54) is 0 Å². The van der Waals surface area contributed by atoms with Gasteiger partial charge in [0.2, 0.25) is 0 Å². The van der Waals surface area contributed by atoms with Gasteiger partial charge in [-0.2, -0.15) is 0 Å². The lowest BCUT2D eigenvalue weighted by Gasteiger charge is -2.37. The number of esters is 1. The smallest absolute Gasteiger partial charge is 0.334 e. The number of rotatable bonds is 0.